The van der Waals surface area contributed by atoms with Crippen LogP contribution in [0.15, 0.2) is 9.32 Å². The highest BCUT2D eigenvalue weighted by Crippen LogP contribution is 2.28. The summed E-state index contributed by atoms with van der Waals surface area (Å²) in [5.41, 5.74) is -0.522. The number of aromatic nitrogens is 2. The third-order valence-electron chi connectivity index (χ3n) is 2.40. The van der Waals surface area contributed by atoms with E-state index >= 15 is 0 Å². The maximum atomic E-state index is 10.7. The van der Waals surface area contributed by atoms with Crippen LogP contribution < -0.4 is 5.76 Å². The lowest BCUT2D eigenvalue weighted by atomic mass is 9.96. The van der Waals surface area contributed by atoms with Gasteiger partial charge in [-0.2, -0.15) is 0 Å². The SMILES string of the molecule is CCC(CC)(OC)c1noc(=O)[nH]1. The van der Waals surface area contributed by atoms with Crippen LogP contribution in [0.2, 0.25) is 0 Å². The van der Waals surface area contributed by atoms with E-state index in [1.54, 1.807) is 7.11 Å². The molecule has 0 bridgehead atoms. The molecule has 0 atom stereocenters. The second kappa shape index (κ2) is 3.74. The maximum Gasteiger partial charge on any atom is 0.439 e. The first kappa shape index (κ1) is 9.98. The van der Waals surface area contributed by atoms with Crippen molar-refractivity contribution >= 4 is 0 Å². The van der Waals surface area contributed by atoms with Crippen molar-refractivity contribution in [1.82, 2.24) is 10.1 Å². The van der Waals surface area contributed by atoms with Crippen molar-refractivity contribution in [2.45, 2.75) is 32.3 Å². The molecule has 1 aromatic heterocycles. The monoisotopic (exact) mass is 186 g/mol. The van der Waals surface area contributed by atoms with Gasteiger partial charge in [-0.3, -0.25) is 9.51 Å². The van der Waals surface area contributed by atoms with E-state index in [4.69, 9.17) is 4.74 Å². The molecular formula is C8H14N2O3. The van der Waals surface area contributed by atoms with Crippen molar-refractivity contribution in [2.75, 3.05) is 7.11 Å². The highest BCUT2D eigenvalue weighted by molar-refractivity contribution is 4.97. The fourth-order valence-electron chi connectivity index (χ4n) is 1.40. The van der Waals surface area contributed by atoms with Gasteiger partial charge >= 0.3 is 5.76 Å². The summed E-state index contributed by atoms with van der Waals surface area (Å²) in [5, 5.41) is 3.63. The predicted octanol–water partition coefficient (Wildman–Crippen LogP) is 1.02. The first-order valence-corrected chi connectivity index (χ1v) is 4.30. The molecule has 0 fully saturated rings. The third kappa shape index (κ3) is 1.65. The number of rotatable bonds is 4. The molecule has 5 nitrogen and oxygen atoms in total. The minimum Gasteiger partial charge on any atom is -0.370 e. The molecule has 0 aliphatic heterocycles. The fraction of sp³-hybridized carbons (Fsp3) is 0.750. The Morgan fingerprint density at radius 3 is 2.46 bits per heavy atom. The van der Waals surface area contributed by atoms with Crippen LogP contribution in [0.5, 0.6) is 0 Å². The highest BCUT2D eigenvalue weighted by Gasteiger charge is 2.32. The van der Waals surface area contributed by atoms with Gasteiger partial charge in [-0.05, 0) is 12.8 Å². The zero-order valence-corrected chi connectivity index (χ0v) is 8.09. The molecule has 1 heterocycles. The predicted molar refractivity (Wildman–Crippen MR) is 46.4 cm³/mol. The molecule has 0 saturated carbocycles. The van der Waals surface area contributed by atoms with Gasteiger partial charge in [-0.1, -0.05) is 19.0 Å². The van der Waals surface area contributed by atoms with Crippen molar-refractivity contribution in [1.29, 1.82) is 0 Å². The Labute approximate surface area is 76.1 Å². The van der Waals surface area contributed by atoms with Crippen LogP contribution in [0.25, 0.3) is 0 Å². The molecule has 0 aliphatic rings. The molecule has 1 aromatic rings. The topological polar surface area (TPSA) is 68.1 Å². The van der Waals surface area contributed by atoms with Crippen LogP contribution >= 0.6 is 0 Å². The van der Waals surface area contributed by atoms with Gasteiger partial charge in [-0.15, -0.1) is 0 Å². The van der Waals surface area contributed by atoms with E-state index in [1.165, 1.54) is 0 Å². The third-order valence-corrected chi connectivity index (χ3v) is 2.40. The Hall–Kier alpha value is -1.10. The van der Waals surface area contributed by atoms with Gasteiger partial charge in [-0.25, -0.2) is 4.79 Å². The first-order valence-electron chi connectivity index (χ1n) is 4.30. The summed E-state index contributed by atoms with van der Waals surface area (Å²) in [4.78, 5) is 13.3. The molecule has 1 rings (SSSR count). The van der Waals surface area contributed by atoms with Crippen molar-refractivity contribution < 1.29 is 9.26 Å². The molecule has 0 unspecified atom stereocenters. The number of nitrogens with zero attached hydrogens (tertiary/aromatic N) is 1. The molecule has 0 spiro atoms. The van der Waals surface area contributed by atoms with Crippen LogP contribution in [0.3, 0.4) is 0 Å². The molecular weight excluding hydrogens is 172 g/mol. The van der Waals surface area contributed by atoms with Gasteiger partial charge in [0.15, 0.2) is 5.82 Å². The average Bonchev–Trinajstić information content (AvgIpc) is 2.57. The van der Waals surface area contributed by atoms with E-state index in [2.05, 4.69) is 14.7 Å². The lowest BCUT2D eigenvalue weighted by molar-refractivity contribution is -0.0306. The van der Waals surface area contributed by atoms with Gasteiger partial charge in [0.1, 0.15) is 5.60 Å². The molecule has 0 aliphatic carbocycles. The van der Waals surface area contributed by atoms with Gasteiger partial charge in [0.25, 0.3) is 0 Å². The Morgan fingerprint density at radius 1 is 1.54 bits per heavy atom. The number of methoxy groups -OCH3 is 1. The van der Waals surface area contributed by atoms with Crippen molar-refractivity contribution in [3.8, 4) is 0 Å². The van der Waals surface area contributed by atoms with Crippen LogP contribution in [0.1, 0.15) is 32.5 Å². The van der Waals surface area contributed by atoms with E-state index in [0.717, 1.165) is 12.8 Å². The van der Waals surface area contributed by atoms with E-state index in [0.29, 0.717) is 5.82 Å². The zero-order chi connectivity index (χ0) is 9.90. The summed E-state index contributed by atoms with van der Waals surface area (Å²) in [7, 11) is 1.60. The number of ether oxygens (including phenoxy) is 1. The quantitative estimate of drug-likeness (QED) is 0.762. The lowest BCUT2D eigenvalue weighted by Gasteiger charge is -2.26. The average molecular weight is 186 g/mol. The van der Waals surface area contributed by atoms with E-state index < -0.39 is 11.4 Å². The number of hydrogen-bond acceptors (Lipinski definition) is 4. The minimum absolute atomic E-state index is 0.463. The molecule has 74 valence electrons. The summed E-state index contributed by atoms with van der Waals surface area (Å²) >= 11 is 0. The van der Waals surface area contributed by atoms with E-state index in [9.17, 15) is 4.79 Å². The molecule has 1 N–H and O–H groups in total. The maximum absolute atomic E-state index is 10.7. The van der Waals surface area contributed by atoms with Crippen LogP contribution in [0.4, 0.5) is 0 Å². The smallest absolute Gasteiger partial charge is 0.370 e. The molecule has 0 saturated heterocycles. The van der Waals surface area contributed by atoms with Crippen molar-refractivity contribution in [2.24, 2.45) is 0 Å². The van der Waals surface area contributed by atoms with E-state index in [-0.39, 0.29) is 0 Å². The number of hydrogen-bond donors (Lipinski definition) is 1. The molecule has 5 heteroatoms. The first-order chi connectivity index (χ1) is 6.18. The lowest BCUT2D eigenvalue weighted by Crippen LogP contribution is -2.28. The van der Waals surface area contributed by atoms with Crippen LogP contribution in [-0.4, -0.2) is 17.3 Å². The number of H-pyrrole nitrogens is 1. The molecule has 0 radical (unpaired) electrons. The second-order valence-electron chi connectivity index (χ2n) is 2.85. The van der Waals surface area contributed by atoms with Gasteiger partial charge < -0.3 is 4.74 Å². The second-order valence-corrected chi connectivity index (χ2v) is 2.85. The van der Waals surface area contributed by atoms with Gasteiger partial charge in [0, 0.05) is 7.11 Å². The highest BCUT2D eigenvalue weighted by atomic mass is 16.5. The summed E-state index contributed by atoms with van der Waals surface area (Å²) in [6, 6.07) is 0. The number of nitrogens with one attached hydrogen (secondary N) is 1. The molecule has 13 heavy (non-hydrogen) atoms. The fourth-order valence-corrected chi connectivity index (χ4v) is 1.40. The Kier molecular flexibility index (Phi) is 2.87. The molecule has 0 aromatic carbocycles. The van der Waals surface area contributed by atoms with Crippen molar-refractivity contribution in [3.05, 3.63) is 16.4 Å². The van der Waals surface area contributed by atoms with E-state index in [1.807, 2.05) is 13.8 Å². The van der Waals surface area contributed by atoms with Crippen molar-refractivity contribution in [3.63, 3.8) is 0 Å². The Bertz CT molecular complexity index is 303. The Balaban J connectivity index is 3.07. The summed E-state index contributed by atoms with van der Waals surface area (Å²) in [5.74, 6) is -0.0803. The van der Waals surface area contributed by atoms with Gasteiger partial charge in [0.05, 0.1) is 0 Å². The van der Waals surface area contributed by atoms with Crippen LogP contribution in [-0.2, 0) is 10.3 Å². The van der Waals surface area contributed by atoms with Crippen LogP contribution in [0, 0.1) is 0 Å². The van der Waals surface area contributed by atoms with Gasteiger partial charge in [0.2, 0.25) is 0 Å². The number of aromatic amines is 1. The normalized spacial score (nSPS) is 11.9. The molecule has 0 amide bonds. The standard InChI is InChI=1S/C8H14N2O3/c1-4-8(5-2,12-3)6-9-7(11)13-10-6/h4-5H2,1-3H3,(H,9,10,11). The minimum atomic E-state index is -0.543. The summed E-state index contributed by atoms with van der Waals surface area (Å²) in [6.07, 6.45) is 1.48. The zero-order valence-electron chi connectivity index (χ0n) is 8.09. The Morgan fingerprint density at radius 2 is 2.15 bits per heavy atom. The summed E-state index contributed by atoms with van der Waals surface area (Å²) < 4.78 is 9.78. The largest absolute Gasteiger partial charge is 0.439 e. The summed E-state index contributed by atoms with van der Waals surface area (Å²) in [6.45, 7) is 3.94.